The second kappa shape index (κ2) is 34.4. The normalized spacial score (nSPS) is 14.8. The van der Waals surface area contributed by atoms with Crippen molar-refractivity contribution in [1.29, 1.82) is 0 Å². The van der Waals surface area contributed by atoms with Crippen LogP contribution in [0.3, 0.4) is 0 Å². The molecule has 0 radical (unpaired) electrons. The number of phosphoric acid groups is 1. The van der Waals surface area contributed by atoms with E-state index in [-0.39, 0.29) is 32.2 Å². The zero-order chi connectivity index (χ0) is 39.5. The summed E-state index contributed by atoms with van der Waals surface area (Å²) in [5, 5.41) is 9.56. The molecule has 11 heteroatoms. The quantitative estimate of drug-likeness (QED) is 0.0218. The number of aliphatic hydroxyl groups is 1. The fourth-order valence-electron chi connectivity index (χ4n) is 5.10. The van der Waals surface area contributed by atoms with Gasteiger partial charge in [-0.05, 0) is 57.8 Å². The highest BCUT2D eigenvalue weighted by atomic mass is 31.2. The molecule has 53 heavy (non-hydrogen) atoms. The van der Waals surface area contributed by atoms with E-state index in [1.54, 1.807) is 0 Å². The van der Waals surface area contributed by atoms with Crippen molar-refractivity contribution in [2.24, 2.45) is 0 Å². The molecule has 308 valence electrons. The molecule has 0 heterocycles. The van der Waals surface area contributed by atoms with Gasteiger partial charge < -0.3 is 33.0 Å². The minimum atomic E-state index is -4.64. The molecule has 0 aliphatic heterocycles. The Labute approximate surface area is 323 Å². The monoisotopic (exact) mass is 770 g/mol. The predicted octanol–water partition coefficient (Wildman–Crippen LogP) is 9.47. The topological polar surface area (TPSA) is 131 Å². The molecule has 3 atom stereocenters. The lowest BCUT2D eigenvalue weighted by molar-refractivity contribution is -0.870. The minimum Gasteiger partial charge on any atom is -0.756 e. The SMILES string of the molecule is CCCCCCCCCCCCCC(=O)OC[C@H](COP(=O)([O-])OCC[N+](C)(C)C)OC(=O)CCC/C=C\C/C=C\C/C=C\C/C=C\CC[C@H](O)CC. The third kappa shape index (κ3) is 38.0. The number of esters is 2. The van der Waals surface area contributed by atoms with E-state index >= 15 is 0 Å². The van der Waals surface area contributed by atoms with Crippen molar-refractivity contribution in [3.63, 3.8) is 0 Å². The molecule has 0 aliphatic rings. The van der Waals surface area contributed by atoms with Crippen molar-refractivity contribution in [2.45, 2.75) is 161 Å². The highest BCUT2D eigenvalue weighted by Crippen LogP contribution is 2.38. The first kappa shape index (κ1) is 50.9. The zero-order valence-corrected chi connectivity index (χ0v) is 35.0. The van der Waals surface area contributed by atoms with Crippen LogP contribution in [0.15, 0.2) is 48.6 Å². The second-order valence-corrected chi connectivity index (χ2v) is 16.2. The molecule has 0 fully saturated rings. The third-order valence-electron chi connectivity index (χ3n) is 8.52. The summed E-state index contributed by atoms with van der Waals surface area (Å²) in [7, 11) is 1.10. The van der Waals surface area contributed by atoms with E-state index in [1.807, 2.05) is 34.1 Å². The van der Waals surface area contributed by atoms with Crippen LogP contribution in [-0.2, 0) is 32.7 Å². The van der Waals surface area contributed by atoms with Gasteiger partial charge in [-0.2, -0.15) is 0 Å². The third-order valence-corrected chi connectivity index (χ3v) is 9.48. The minimum absolute atomic E-state index is 0.0479. The van der Waals surface area contributed by atoms with Crippen LogP contribution in [0.2, 0.25) is 0 Å². The van der Waals surface area contributed by atoms with Crippen molar-refractivity contribution in [3.8, 4) is 0 Å². The van der Waals surface area contributed by atoms with Gasteiger partial charge in [0, 0.05) is 12.8 Å². The molecule has 0 saturated carbocycles. The predicted molar refractivity (Wildman–Crippen MR) is 214 cm³/mol. The first-order chi connectivity index (χ1) is 25.4. The van der Waals surface area contributed by atoms with E-state index in [0.717, 1.165) is 57.8 Å². The van der Waals surface area contributed by atoms with Gasteiger partial charge in [0.1, 0.15) is 19.8 Å². The van der Waals surface area contributed by atoms with Crippen LogP contribution in [0.25, 0.3) is 0 Å². The number of aliphatic hydroxyl groups excluding tert-OH is 1. The van der Waals surface area contributed by atoms with Crippen LogP contribution in [-0.4, -0.2) is 81.2 Å². The second-order valence-electron chi connectivity index (χ2n) is 14.8. The Morgan fingerprint density at radius 1 is 0.679 bits per heavy atom. The number of ether oxygens (including phenoxy) is 2. The molecule has 0 aromatic heterocycles. The molecule has 0 amide bonds. The molecule has 0 rings (SSSR count). The first-order valence-corrected chi connectivity index (χ1v) is 21.9. The lowest BCUT2D eigenvalue weighted by Crippen LogP contribution is -2.37. The molecule has 0 bridgehead atoms. The van der Waals surface area contributed by atoms with Crippen molar-refractivity contribution in [1.82, 2.24) is 0 Å². The Kier molecular flexibility index (Phi) is 33.1. The number of unbranched alkanes of at least 4 members (excludes halogenated alkanes) is 11. The van der Waals surface area contributed by atoms with Crippen LogP contribution < -0.4 is 4.89 Å². The van der Waals surface area contributed by atoms with Crippen LogP contribution in [0.5, 0.6) is 0 Å². The lowest BCUT2D eigenvalue weighted by Gasteiger charge is -2.28. The lowest BCUT2D eigenvalue weighted by atomic mass is 10.1. The maximum absolute atomic E-state index is 12.6. The summed E-state index contributed by atoms with van der Waals surface area (Å²) in [4.78, 5) is 37.4. The van der Waals surface area contributed by atoms with Crippen molar-refractivity contribution < 1.29 is 47.2 Å². The van der Waals surface area contributed by atoms with Crippen molar-refractivity contribution in [3.05, 3.63) is 48.6 Å². The first-order valence-electron chi connectivity index (χ1n) is 20.4. The average Bonchev–Trinajstić information content (AvgIpc) is 3.10. The van der Waals surface area contributed by atoms with Crippen LogP contribution >= 0.6 is 7.82 Å². The summed E-state index contributed by atoms with van der Waals surface area (Å²) in [6, 6.07) is 0. The van der Waals surface area contributed by atoms with Gasteiger partial charge in [0.05, 0.1) is 33.9 Å². The largest absolute Gasteiger partial charge is 0.756 e. The Morgan fingerprint density at radius 2 is 1.19 bits per heavy atom. The maximum Gasteiger partial charge on any atom is 0.306 e. The van der Waals surface area contributed by atoms with Gasteiger partial charge >= 0.3 is 11.9 Å². The van der Waals surface area contributed by atoms with Gasteiger partial charge in [-0.15, -0.1) is 0 Å². The Balaban J connectivity index is 4.52. The fourth-order valence-corrected chi connectivity index (χ4v) is 5.83. The standard InChI is InChI=1S/C42H76NO9P/c1-6-8-9-10-11-12-17-21-24-27-30-33-41(45)49-37-40(38-51-53(47,48)50-36-35-43(3,4)5)52-42(46)34-31-28-25-22-19-16-14-13-15-18-20-23-26-29-32-39(44)7-2/h14-16,18,22-23,25-26,39-40,44H,6-13,17,19-21,24,27-38H2,1-5H3/b16-14-,18-15-,25-22-,26-23-/t39-,40-/m1/s1. The number of nitrogens with zero attached hydrogens (tertiary/aromatic N) is 1. The highest BCUT2D eigenvalue weighted by Gasteiger charge is 2.21. The van der Waals surface area contributed by atoms with Gasteiger partial charge in [-0.3, -0.25) is 14.2 Å². The number of quaternary nitrogens is 1. The van der Waals surface area contributed by atoms with Gasteiger partial charge in [0.2, 0.25) is 0 Å². The molecular weight excluding hydrogens is 693 g/mol. The fraction of sp³-hybridized carbons (Fsp3) is 0.762. The van der Waals surface area contributed by atoms with Gasteiger partial charge in [-0.1, -0.05) is 127 Å². The summed E-state index contributed by atoms with van der Waals surface area (Å²) < 4.78 is 33.7. The number of hydrogen-bond donors (Lipinski definition) is 1. The van der Waals surface area contributed by atoms with Gasteiger partial charge in [-0.25, -0.2) is 0 Å². The van der Waals surface area contributed by atoms with Gasteiger partial charge in [0.25, 0.3) is 7.82 Å². The number of allylic oxidation sites excluding steroid dienone is 8. The average molecular weight is 770 g/mol. The molecule has 0 aromatic carbocycles. The summed E-state index contributed by atoms with van der Waals surface area (Å²) >= 11 is 0. The van der Waals surface area contributed by atoms with E-state index in [0.29, 0.717) is 23.9 Å². The van der Waals surface area contributed by atoms with E-state index < -0.39 is 32.5 Å². The Bertz CT molecular complexity index is 1070. The van der Waals surface area contributed by atoms with E-state index in [9.17, 15) is 24.2 Å². The smallest absolute Gasteiger partial charge is 0.306 e. The molecule has 1 unspecified atom stereocenters. The number of phosphoric ester groups is 1. The van der Waals surface area contributed by atoms with E-state index in [2.05, 4.69) is 49.5 Å². The molecule has 10 nitrogen and oxygen atoms in total. The van der Waals surface area contributed by atoms with Crippen LogP contribution in [0.4, 0.5) is 0 Å². The number of rotatable bonds is 36. The van der Waals surface area contributed by atoms with Gasteiger partial charge in [0.15, 0.2) is 6.10 Å². The summed E-state index contributed by atoms with van der Waals surface area (Å²) in [6.07, 6.45) is 35.2. The number of carbonyl (C=O) groups is 2. The van der Waals surface area contributed by atoms with Crippen LogP contribution in [0, 0.1) is 0 Å². The van der Waals surface area contributed by atoms with E-state index in [4.69, 9.17) is 18.5 Å². The molecular formula is C42H76NO9P. The summed E-state index contributed by atoms with van der Waals surface area (Å²) in [5.41, 5.74) is 0. The molecule has 0 spiro atoms. The number of carbonyl (C=O) groups excluding carboxylic acids is 2. The maximum atomic E-state index is 12.6. The highest BCUT2D eigenvalue weighted by molar-refractivity contribution is 7.45. The molecule has 0 aromatic rings. The molecule has 1 N–H and O–H groups in total. The summed E-state index contributed by atoms with van der Waals surface area (Å²) in [6.45, 7) is 3.84. The Hall–Kier alpha value is -2.07. The van der Waals surface area contributed by atoms with E-state index in [1.165, 1.54) is 51.4 Å². The van der Waals surface area contributed by atoms with Crippen LogP contribution in [0.1, 0.15) is 149 Å². The number of hydrogen-bond acceptors (Lipinski definition) is 9. The number of likely N-dealkylation sites (N-methyl/N-ethyl adjacent to an activating group) is 1. The van der Waals surface area contributed by atoms with Crippen molar-refractivity contribution in [2.75, 3.05) is 47.5 Å². The zero-order valence-electron chi connectivity index (χ0n) is 34.1. The Morgan fingerprint density at radius 3 is 1.74 bits per heavy atom. The molecule has 0 saturated heterocycles. The van der Waals surface area contributed by atoms with Crippen molar-refractivity contribution >= 4 is 19.8 Å². The molecule has 0 aliphatic carbocycles. The summed E-state index contributed by atoms with van der Waals surface area (Å²) in [5.74, 6) is -0.922.